The summed E-state index contributed by atoms with van der Waals surface area (Å²) in [4.78, 5) is 40.2. The molecule has 3 aromatic rings. The molecular weight excluding hydrogens is 378 g/mol. The van der Waals surface area contributed by atoms with Crippen LogP contribution in [0.3, 0.4) is 0 Å². The minimum Gasteiger partial charge on any atom is -0.496 e. The number of fused-ring (bicyclic) bond motifs is 1. The Morgan fingerprint density at radius 3 is 2.89 bits per heavy atom. The average molecular weight is 395 g/mol. The molecule has 0 saturated carbocycles. The summed E-state index contributed by atoms with van der Waals surface area (Å²) in [5.41, 5.74) is 1.67. The highest BCUT2D eigenvalue weighted by molar-refractivity contribution is 7.15. The Labute approximate surface area is 165 Å². The SMILES string of the molecule is COc1ccccc1C(=O)N1CCc2nc(NC(=O)c3cnccn3)sc2C1. The van der Waals surface area contributed by atoms with Gasteiger partial charge < -0.3 is 9.64 Å². The third-order valence-corrected chi connectivity index (χ3v) is 5.37. The van der Waals surface area contributed by atoms with Gasteiger partial charge in [-0.15, -0.1) is 0 Å². The summed E-state index contributed by atoms with van der Waals surface area (Å²) in [5.74, 6) is 0.113. The van der Waals surface area contributed by atoms with Crippen molar-refractivity contribution < 1.29 is 14.3 Å². The van der Waals surface area contributed by atoms with E-state index in [2.05, 4.69) is 20.3 Å². The van der Waals surface area contributed by atoms with Gasteiger partial charge in [-0.2, -0.15) is 0 Å². The van der Waals surface area contributed by atoms with Crippen LogP contribution < -0.4 is 10.1 Å². The molecule has 0 bridgehead atoms. The molecule has 0 aliphatic carbocycles. The molecule has 2 aromatic heterocycles. The third-order valence-electron chi connectivity index (χ3n) is 4.37. The lowest BCUT2D eigenvalue weighted by atomic mass is 10.1. The van der Waals surface area contributed by atoms with Crippen LogP contribution in [0.25, 0.3) is 0 Å². The number of benzene rings is 1. The predicted molar refractivity (Wildman–Crippen MR) is 104 cm³/mol. The molecule has 2 amide bonds. The molecule has 0 spiro atoms. The molecule has 0 saturated heterocycles. The van der Waals surface area contributed by atoms with Crippen molar-refractivity contribution in [2.75, 3.05) is 19.0 Å². The molecule has 9 heteroatoms. The highest BCUT2D eigenvalue weighted by Gasteiger charge is 2.27. The second kappa shape index (κ2) is 7.73. The van der Waals surface area contributed by atoms with Crippen LogP contribution in [0.5, 0.6) is 5.75 Å². The smallest absolute Gasteiger partial charge is 0.277 e. The zero-order valence-corrected chi connectivity index (χ0v) is 15.9. The molecule has 0 atom stereocenters. The Balaban J connectivity index is 1.49. The van der Waals surface area contributed by atoms with Crippen LogP contribution in [0.1, 0.15) is 31.4 Å². The molecule has 0 radical (unpaired) electrons. The van der Waals surface area contributed by atoms with E-state index >= 15 is 0 Å². The zero-order chi connectivity index (χ0) is 19.5. The molecular formula is C19H17N5O3S. The lowest BCUT2D eigenvalue weighted by molar-refractivity contribution is 0.0732. The summed E-state index contributed by atoms with van der Waals surface area (Å²) < 4.78 is 5.30. The van der Waals surface area contributed by atoms with E-state index in [1.54, 1.807) is 24.1 Å². The first-order valence-electron chi connectivity index (χ1n) is 8.64. The van der Waals surface area contributed by atoms with E-state index in [0.29, 0.717) is 36.0 Å². The Kier molecular flexibility index (Phi) is 4.98. The molecule has 8 nitrogen and oxygen atoms in total. The van der Waals surface area contributed by atoms with E-state index in [4.69, 9.17) is 4.74 Å². The van der Waals surface area contributed by atoms with E-state index < -0.39 is 0 Å². The van der Waals surface area contributed by atoms with Gasteiger partial charge in [-0.25, -0.2) is 9.97 Å². The van der Waals surface area contributed by atoms with Crippen molar-refractivity contribution >= 4 is 28.3 Å². The van der Waals surface area contributed by atoms with E-state index in [1.165, 1.54) is 29.9 Å². The maximum absolute atomic E-state index is 12.9. The molecule has 0 fully saturated rings. The molecule has 1 N–H and O–H groups in total. The van der Waals surface area contributed by atoms with Gasteiger partial charge in [-0.1, -0.05) is 23.5 Å². The molecule has 4 rings (SSSR count). The monoisotopic (exact) mass is 395 g/mol. The van der Waals surface area contributed by atoms with Crippen LogP contribution in [0.4, 0.5) is 5.13 Å². The van der Waals surface area contributed by atoms with Gasteiger partial charge in [0.05, 0.1) is 31.1 Å². The second-order valence-corrected chi connectivity index (χ2v) is 7.19. The van der Waals surface area contributed by atoms with Gasteiger partial charge in [0.25, 0.3) is 11.8 Å². The van der Waals surface area contributed by atoms with Gasteiger partial charge in [0, 0.05) is 30.2 Å². The summed E-state index contributed by atoms with van der Waals surface area (Å²) in [6.07, 6.45) is 5.00. The van der Waals surface area contributed by atoms with E-state index in [9.17, 15) is 9.59 Å². The van der Waals surface area contributed by atoms with Crippen molar-refractivity contribution in [2.24, 2.45) is 0 Å². The number of carbonyl (C=O) groups is 2. The zero-order valence-electron chi connectivity index (χ0n) is 15.1. The Morgan fingerprint density at radius 2 is 2.11 bits per heavy atom. The lowest BCUT2D eigenvalue weighted by Crippen LogP contribution is -2.35. The van der Waals surface area contributed by atoms with E-state index in [-0.39, 0.29) is 17.5 Å². The van der Waals surface area contributed by atoms with Crippen molar-refractivity contribution in [1.82, 2.24) is 19.9 Å². The Morgan fingerprint density at radius 1 is 1.25 bits per heavy atom. The number of methoxy groups -OCH3 is 1. The first kappa shape index (κ1) is 18.1. The predicted octanol–water partition coefficient (Wildman–Crippen LogP) is 2.39. The fourth-order valence-corrected chi connectivity index (χ4v) is 4.01. The second-order valence-electron chi connectivity index (χ2n) is 6.11. The fraction of sp³-hybridized carbons (Fsp3) is 0.211. The maximum atomic E-state index is 12.9. The fourth-order valence-electron chi connectivity index (χ4n) is 2.99. The summed E-state index contributed by atoms with van der Waals surface area (Å²) in [5, 5.41) is 3.24. The first-order chi connectivity index (χ1) is 13.7. The normalized spacial score (nSPS) is 13.0. The van der Waals surface area contributed by atoms with Crippen LogP contribution in [0.15, 0.2) is 42.9 Å². The van der Waals surface area contributed by atoms with Gasteiger partial charge >= 0.3 is 0 Å². The number of amides is 2. The van der Waals surface area contributed by atoms with Crippen LogP contribution in [0.2, 0.25) is 0 Å². The van der Waals surface area contributed by atoms with Gasteiger partial charge in [0.1, 0.15) is 11.4 Å². The van der Waals surface area contributed by atoms with Crippen molar-refractivity contribution in [1.29, 1.82) is 0 Å². The standard InChI is InChI=1S/C19H17N5O3S/c1-27-15-5-3-2-4-12(15)18(26)24-9-6-13-16(11-24)28-19(22-13)23-17(25)14-10-20-7-8-21-14/h2-5,7-8,10H,6,9,11H2,1H3,(H,22,23,25). The molecule has 1 aromatic carbocycles. The minimum atomic E-state index is -0.360. The number of nitrogens with zero attached hydrogens (tertiary/aromatic N) is 4. The summed E-state index contributed by atoms with van der Waals surface area (Å²) in [6.45, 7) is 1.01. The largest absolute Gasteiger partial charge is 0.496 e. The van der Waals surface area contributed by atoms with Crippen molar-refractivity contribution in [2.45, 2.75) is 13.0 Å². The van der Waals surface area contributed by atoms with E-state index in [0.717, 1.165) is 10.6 Å². The van der Waals surface area contributed by atoms with Crippen molar-refractivity contribution in [3.63, 3.8) is 0 Å². The van der Waals surface area contributed by atoms with Gasteiger partial charge in [-0.3, -0.25) is 19.9 Å². The van der Waals surface area contributed by atoms with Gasteiger partial charge in [0.2, 0.25) is 0 Å². The number of aromatic nitrogens is 3. The van der Waals surface area contributed by atoms with Crippen molar-refractivity contribution in [3.05, 3.63) is 64.7 Å². The van der Waals surface area contributed by atoms with E-state index in [1.807, 2.05) is 12.1 Å². The molecule has 28 heavy (non-hydrogen) atoms. The highest BCUT2D eigenvalue weighted by Crippen LogP contribution is 2.30. The Hall–Kier alpha value is -3.33. The number of thiazole rings is 1. The summed E-state index contributed by atoms with van der Waals surface area (Å²) in [6, 6.07) is 7.18. The lowest BCUT2D eigenvalue weighted by Gasteiger charge is -2.26. The number of nitrogens with one attached hydrogen (secondary N) is 1. The van der Waals surface area contributed by atoms with Crippen LogP contribution >= 0.6 is 11.3 Å². The van der Waals surface area contributed by atoms with Gasteiger partial charge in [0.15, 0.2) is 5.13 Å². The molecule has 1 aliphatic rings. The topological polar surface area (TPSA) is 97.3 Å². The number of hydrogen-bond acceptors (Lipinski definition) is 7. The van der Waals surface area contributed by atoms with Crippen LogP contribution in [0, 0.1) is 0 Å². The number of anilines is 1. The number of hydrogen-bond donors (Lipinski definition) is 1. The minimum absolute atomic E-state index is 0.0818. The number of ether oxygens (including phenoxy) is 1. The van der Waals surface area contributed by atoms with Crippen LogP contribution in [-0.2, 0) is 13.0 Å². The number of para-hydroxylation sites is 1. The maximum Gasteiger partial charge on any atom is 0.277 e. The summed E-state index contributed by atoms with van der Waals surface area (Å²) in [7, 11) is 1.55. The molecule has 142 valence electrons. The highest BCUT2D eigenvalue weighted by atomic mass is 32.1. The third kappa shape index (κ3) is 3.56. The quantitative estimate of drug-likeness (QED) is 0.729. The van der Waals surface area contributed by atoms with Crippen molar-refractivity contribution in [3.8, 4) is 5.75 Å². The first-order valence-corrected chi connectivity index (χ1v) is 9.45. The summed E-state index contributed by atoms with van der Waals surface area (Å²) >= 11 is 1.37. The molecule has 0 unspecified atom stereocenters. The average Bonchev–Trinajstić information content (AvgIpc) is 3.15. The molecule has 3 heterocycles. The number of carbonyl (C=O) groups excluding carboxylic acids is 2. The van der Waals surface area contributed by atoms with Gasteiger partial charge in [-0.05, 0) is 12.1 Å². The Bertz CT molecular complexity index is 1020. The van der Waals surface area contributed by atoms with Crippen LogP contribution in [-0.4, -0.2) is 45.3 Å². The molecule has 1 aliphatic heterocycles. The number of rotatable bonds is 4.